The molecule has 9 heteroatoms. The molecule has 1 unspecified atom stereocenters. The quantitative estimate of drug-likeness (QED) is 0.284. The maximum atomic E-state index is 12.8. The summed E-state index contributed by atoms with van der Waals surface area (Å²) in [4.78, 5) is 24.3. The first kappa shape index (κ1) is 23.9. The Labute approximate surface area is 216 Å². The first-order chi connectivity index (χ1) is 17.4. The van der Waals surface area contributed by atoms with Crippen LogP contribution in [0, 0.1) is 0 Å². The largest absolute Gasteiger partial charge is 0.493 e. The second-order valence-electron chi connectivity index (χ2n) is 8.35. The van der Waals surface area contributed by atoms with E-state index in [0.29, 0.717) is 46.4 Å². The second kappa shape index (κ2) is 10.0. The minimum absolute atomic E-state index is 0.0629. The number of fused-ring (bicyclic) bond motifs is 1. The van der Waals surface area contributed by atoms with Crippen molar-refractivity contribution in [2.45, 2.75) is 18.8 Å². The lowest BCUT2D eigenvalue weighted by Gasteiger charge is -2.24. The highest BCUT2D eigenvalue weighted by atomic mass is 35.5. The van der Waals surface area contributed by atoms with Gasteiger partial charge < -0.3 is 14.6 Å². The minimum atomic E-state index is -0.915. The fourth-order valence-electron chi connectivity index (χ4n) is 4.06. The van der Waals surface area contributed by atoms with Gasteiger partial charge in [0.15, 0.2) is 5.78 Å². The number of aliphatic carboxylic acids is 1. The maximum absolute atomic E-state index is 12.8. The summed E-state index contributed by atoms with van der Waals surface area (Å²) < 4.78 is 13.2. The fourth-order valence-corrected chi connectivity index (χ4v) is 4.45. The van der Waals surface area contributed by atoms with E-state index in [1.807, 2.05) is 12.1 Å². The number of halogens is 2. The van der Waals surface area contributed by atoms with Gasteiger partial charge in [-0.2, -0.15) is 5.10 Å². The Bertz CT molecular complexity index is 1450. The fraction of sp³-hybridized carbons (Fsp3) is 0.148. The molecule has 7 nitrogen and oxygen atoms in total. The molecule has 0 saturated carbocycles. The van der Waals surface area contributed by atoms with Crippen LogP contribution in [0.5, 0.6) is 17.2 Å². The van der Waals surface area contributed by atoms with Crippen molar-refractivity contribution >= 4 is 35.0 Å². The normalized spacial score (nSPS) is 14.6. The summed E-state index contributed by atoms with van der Waals surface area (Å²) in [5.74, 6) is -0.378. The maximum Gasteiger partial charge on any atom is 0.311 e. The van der Waals surface area contributed by atoms with Crippen LogP contribution in [0.1, 0.15) is 33.8 Å². The molecule has 2 heterocycles. The topological polar surface area (TPSA) is 90.7 Å². The minimum Gasteiger partial charge on any atom is -0.493 e. The van der Waals surface area contributed by atoms with Crippen LogP contribution >= 0.6 is 23.2 Å². The Morgan fingerprint density at radius 2 is 1.92 bits per heavy atom. The van der Waals surface area contributed by atoms with Gasteiger partial charge in [0.05, 0.1) is 29.4 Å². The van der Waals surface area contributed by atoms with Crippen LogP contribution < -0.4 is 9.47 Å². The Balaban J connectivity index is 1.27. The van der Waals surface area contributed by atoms with Crippen molar-refractivity contribution in [1.82, 2.24) is 9.78 Å². The summed E-state index contributed by atoms with van der Waals surface area (Å²) in [6.07, 6.45) is 4.04. The number of ketones is 1. The Morgan fingerprint density at radius 1 is 1.11 bits per heavy atom. The predicted octanol–water partition coefficient (Wildman–Crippen LogP) is 6.35. The highest BCUT2D eigenvalue weighted by molar-refractivity contribution is 6.32. The van der Waals surface area contributed by atoms with Gasteiger partial charge in [-0.3, -0.25) is 9.59 Å². The zero-order valence-corrected chi connectivity index (χ0v) is 20.4. The van der Waals surface area contributed by atoms with E-state index in [2.05, 4.69) is 5.10 Å². The van der Waals surface area contributed by atoms with E-state index in [9.17, 15) is 14.7 Å². The molecule has 0 radical (unpaired) electrons. The van der Waals surface area contributed by atoms with Crippen LogP contribution in [-0.4, -0.2) is 33.2 Å². The van der Waals surface area contributed by atoms with E-state index < -0.39 is 11.9 Å². The summed E-state index contributed by atoms with van der Waals surface area (Å²) in [7, 11) is 0. The first-order valence-electron chi connectivity index (χ1n) is 11.2. The van der Waals surface area contributed by atoms with E-state index >= 15 is 0 Å². The number of carbonyl (C=O) groups is 2. The van der Waals surface area contributed by atoms with Crippen molar-refractivity contribution in [3.05, 3.63) is 99.8 Å². The number of aromatic nitrogens is 2. The summed E-state index contributed by atoms with van der Waals surface area (Å²) in [5.41, 5.74) is 2.65. The Hall–Kier alpha value is -3.81. The number of hydrogen-bond acceptors (Lipinski definition) is 5. The molecule has 0 saturated heterocycles. The van der Waals surface area contributed by atoms with Crippen LogP contribution in [0.15, 0.2) is 73.1 Å². The SMILES string of the molecule is O=C(Cc1cnn(-c2cccc(Cl)c2)c1)c1ccc(Oc2cc3c(cc2Cl)C(C(=O)O)CCO3)cc1. The van der Waals surface area contributed by atoms with E-state index in [4.69, 9.17) is 32.7 Å². The molecule has 1 N–H and O–H groups in total. The number of carbonyl (C=O) groups excluding carboxylic acids is 1. The van der Waals surface area contributed by atoms with Crippen molar-refractivity contribution < 1.29 is 24.2 Å². The van der Waals surface area contributed by atoms with Gasteiger partial charge in [-0.1, -0.05) is 29.3 Å². The number of carboxylic acid groups (broad SMARTS) is 1. The van der Waals surface area contributed by atoms with Gasteiger partial charge in [0, 0.05) is 34.8 Å². The molecule has 1 aromatic heterocycles. The molecule has 0 fully saturated rings. The molecule has 0 amide bonds. The number of Topliss-reactive ketones (excluding diaryl/α,β-unsaturated/α-hetero) is 1. The van der Waals surface area contributed by atoms with Gasteiger partial charge >= 0.3 is 5.97 Å². The van der Waals surface area contributed by atoms with E-state index in [1.54, 1.807) is 65.6 Å². The third-order valence-corrected chi connectivity index (χ3v) is 6.41. The molecule has 0 bridgehead atoms. The summed E-state index contributed by atoms with van der Waals surface area (Å²) in [5, 5.41) is 14.6. The lowest BCUT2D eigenvalue weighted by atomic mass is 9.93. The van der Waals surface area contributed by atoms with Crippen LogP contribution in [0.3, 0.4) is 0 Å². The predicted molar refractivity (Wildman–Crippen MR) is 135 cm³/mol. The number of carboxylic acids is 1. The average Bonchev–Trinajstić information content (AvgIpc) is 3.33. The summed E-state index contributed by atoms with van der Waals surface area (Å²) in [6, 6.07) is 17.2. The standard InChI is InChI=1S/C27H20Cl2N2O5/c28-18-2-1-3-19(11-18)31-15-16(14-30-31)10-24(32)17-4-6-20(7-5-17)36-26-13-25-22(12-23(26)29)21(27(33)34)8-9-35-25/h1-7,11-15,21H,8-10H2,(H,33,34). The molecule has 0 spiro atoms. The van der Waals surface area contributed by atoms with Crippen molar-refractivity contribution in [3.8, 4) is 22.9 Å². The monoisotopic (exact) mass is 522 g/mol. The molecule has 3 aromatic carbocycles. The van der Waals surface area contributed by atoms with E-state index in [1.165, 1.54) is 0 Å². The zero-order valence-electron chi connectivity index (χ0n) is 18.9. The summed E-state index contributed by atoms with van der Waals surface area (Å²) >= 11 is 12.4. The molecule has 4 aromatic rings. The Morgan fingerprint density at radius 3 is 2.67 bits per heavy atom. The molecule has 1 atom stereocenters. The van der Waals surface area contributed by atoms with Gasteiger partial charge in [-0.25, -0.2) is 4.68 Å². The van der Waals surface area contributed by atoms with Crippen molar-refractivity contribution in [2.75, 3.05) is 6.61 Å². The average molecular weight is 523 g/mol. The highest BCUT2D eigenvalue weighted by Crippen LogP contribution is 2.41. The van der Waals surface area contributed by atoms with Gasteiger partial charge in [0.25, 0.3) is 0 Å². The van der Waals surface area contributed by atoms with E-state index in [-0.39, 0.29) is 17.2 Å². The third kappa shape index (κ3) is 5.08. The van der Waals surface area contributed by atoms with Gasteiger partial charge in [0.1, 0.15) is 17.2 Å². The number of rotatable bonds is 7. The van der Waals surface area contributed by atoms with Crippen LogP contribution in [0.25, 0.3) is 5.69 Å². The molecule has 182 valence electrons. The van der Waals surface area contributed by atoms with E-state index in [0.717, 1.165) is 11.3 Å². The highest BCUT2D eigenvalue weighted by Gasteiger charge is 2.29. The zero-order chi connectivity index (χ0) is 25.2. The number of nitrogens with zero attached hydrogens (tertiary/aromatic N) is 2. The van der Waals surface area contributed by atoms with Gasteiger partial charge in [-0.15, -0.1) is 0 Å². The lowest BCUT2D eigenvalue weighted by molar-refractivity contribution is -0.139. The van der Waals surface area contributed by atoms with Gasteiger partial charge in [0.2, 0.25) is 0 Å². The third-order valence-electron chi connectivity index (χ3n) is 5.88. The van der Waals surface area contributed by atoms with Crippen LogP contribution in [0.2, 0.25) is 10.0 Å². The van der Waals surface area contributed by atoms with Crippen molar-refractivity contribution in [3.63, 3.8) is 0 Å². The second-order valence-corrected chi connectivity index (χ2v) is 9.19. The number of benzene rings is 3. The molecular formula is C27H20Cl2N2O5. The van der Waals surface area contributed by atoms with Crippen LogP contribution in [0.4, 0.5) is 0 Å². The molecule has 1 aliphatic rings. The number of hydrogen-bond donors (Lipinski definition) is 1. The lowest BCUT2D eigenvalue weighted by Crippen LogP contribution is -2.20. The molecule has 36 heavy (non-hydrogen) atoms. The molecule has 1 aliphatic heterocycles. The number of ether oxygens (including phenoxy) is 2. The smallest absolute Gasteiger partial charge is 0.311 e. The van der Waals surface area contributed by atoms with Crippen molar-refractivity contribution in [1.29, 1.82) is 0 Å². The summed E-state index contributed by atoms with van der Waals surface area (Å²) in [6.45, 7) is 0.305. The Kier molecular flexibility index (Phi) is 6.67. The van der Waals surface area contributed by atoms with Crippen LogP contribution in [-0.2, 0) is 11.2 Å². The first-order valence-corrected chi connectivity index (χ1v) is 11.9. The van der Waals surface area contributed by atoms with Gasteiger partial charge in [-0.05, 0) is 60.5 Å². The molecule has 0 aliphatic carbocycles. The van der Waals surface area contributed by atoms with Crippen molar-refractivity contribution in [2.24, 2.45) is 0 Å². The molecule has 5 rings (SSSR count). The molecular weight excluding hydrogens is 503 g/mol.